The molecule has 0 aromatic rings. The first-order valence-corrected chi connectivity index (χ1v) is 8.01. The summed E-state index contributed by atoms with van der Waals surface area (Å²) in [5.41, 5.74) is 0. The lowest BCUT2D eigenvalue weighted by atomic mass is 10.1. The molecule has 0 bridgehead atoms. The van der Waals surface area contributed by atoms with E-state index in [-0.39, 0.29) is 21.7 Å². The molecule has 8 heteroatoms. The van der Waals surface area contributed by atoms with Crippen LogP contribution in [-0.2, 0) is 0 Å². The van der Waals surface area contributed by atoms with Crippen molar-refractivity contribution in [2.75, 3.05) is 13.1 Å². The van der Waals surface area contributed by atoms with E-state index in [2.05, 4.69) is 10.6 Å². The van der Waals surface area contributed by atoms with Crippen molar-refractivity contribution in [3.05, 3.63) is 20.2 Å². The van der Waals surface area contributed by atoms with Crippen LogP contribution in [0.3, 0.4) is 0 Å². The van der Waals surface area contributed by atoms with Crippen molar-refractivity contribution in [2.24, 2.45) is 11.8 Å². The second kappa shape index (κ2) is 11.3. The van der Waals surface area contributed by atoms with Gasteiger partial charge in [-0.1, -0.05) is 40.5 Å². The van der Waals surface area contributed by atoms with Gasteiger partial charge < -0.3 is 0 Å². The first kappa shape index (κ1) is 20.7. The van der Waals surface area contributed by atoms with Gasteiger partial charge in [0.2, 0.25) is 0 Å². The van der Waals surface area contributed by atoms with Crippen molar-refractivity contribution in [3.63, 3.8) is 0 Å². The molecule has 0 aliphatic heterocycles. The second-order valence-corrected chi connectivity index (χ2v) is 6.27. The smallest absolute Gasteiger partial charge is 0.263 e. The monoisotopic (exact) mass is 318 g/mol. The van der Waals surface area contributed by atoms with Gasteiger partial charge >= 0.3 is 0 Å². The molecule has 0 aliphatic rings. The van der Waals surface area contributed by atoms with Gasteiger partial charge in [0.05, 0.1) is 0 Å². The number of hydrogen-bond acceptors (Lipinski definition) is 6. The van der Waals surface area contributed by atoms with E-state index in [0.717, 1.165) is 25.7 Å². The second-order valence-electron chi connectivity index (χ2n) is 6.27. The summed E-state index contributed by atoms with van der Waals surface area (Å²) in [6.45, 7) is 8.56. The molecule has 0 aliphatic carbocycles. The Morgan fingerprint density at radius 1 is 0.727 bits per heavy atom. The number of nitro groups is 2. The molecule has 0 aromatic carbocycles. The standard InChI is InChI=1S/C14H30N4O4/c1-11(2)13(17(19)20)15-9-7-5-6-8-10-16-14(12(3)4)18(21)22/h11-16H,5-10H2,1-4H3. The van der Waals surface area contributed by atoms with E-state index >= 15 is 0 Å². The molecular formula is C14H30N4O4. The van der Waals surface area contributed by atoms with E-state index in [4.69, 9.17) is 0 Å². The van der Waals surface area contributed by atoms with Crippen LogP contribution < -0.4 is 10.6 Å². The minimum absolute atomic E-state index is 0.0331. The van der Waals surface area contributed by atoms with Crippen LogP contribution in [0.1, 0.15) is 53.4 Å². The van der Waals surface area contributed by atoms with Gasteiger partial charge in [0, 0.05) is 34.8 Å². The molecule has 0 spiro atoms. The Hall–Kier alpha value is -1.28. The number of hydrogen-bond donors (Lipinski definition) is 2. The summed E-state index contributed by atoms with van der Waals surface area (Å²) >= 11 is 0. The molecular weight excluding hydrogens is 288 g/mol. The van der Waals surface area contributed by atoms with Crippen LogP contribution in [0.15, 0.2) is 0 Å². The SMILES string of the molecule is CC(C)C(NCCCCCCNC(C(C)C)[N+](=O)[O-])[N+](=O)[O-]. The Morgan fingerprint density at radius 2 is 1.05 bits per heavy atom. The molecule has 8 nitrogen and oxygen atoms in total. The van der Waals surface area contributed by atoms with Crippen molar-refractivity contribution < 1.29 is 9.85 Å². The van der Waals surface area contributed by atoms with Gasteiger partial charge in [-0.25, -0.2) is 0 Å². The fourth-order valence-electron chi connectivity index (χ4n) is 2.21. The van der Waals surface area contributed by atoms with E-state index in [1.807, 2.05) is 27.7 Å². The molecule has 2 unspecified atom stereocenters. The summed E-state index contributed by atoms with van der Waals surface area (Å²) in [5.74, 6) is -0.0661. The maximum Gasteiger partial charge on any atom is 0.268 e. The van der Waals surface area contributed by atoms with Crippen LogP contribution in [0.25, 0.3) is 0 Å². The van der Waals surface area contributed by atoms with Gasteiger partial charge in [-0.3, -0.25) is 30.9 Å². The minimum Gasteiger partial charge on any atom is -0.263 e. The molecule has 0 saturated carbocycles. The highest BCUT2D eigenvalue weighted by molar-refractivity contribution is 4.61. The van der Waals surface area contributed by atoms with Crippen LogP contribution in [0.2, 0.25) is 0 Å². The van der Waals surface area contributed by atoms with E-state index in [1.54, 1.807) is 0 Å². The normalized spacial score (nSPS) is 14.3. The fourth-order valence-corrected chi connectivity index (χ4v) is 2.21. The molecule has 0 radical (unpaired) electrons. The van der Waals surface area contributed by atoms with Gasteiger partial charge in [0.25, 0.3) is 12.3 Å². The first-order chi connectivity index (χ1) is 10.3. The van der Waals surface area contributed by atoms with E-state index in [1.165, 1.54) is 0 Å². The topological polar surface area (TPSA) is 110 Å². The van der Waals surface area contributed by atoms with Gasteiger partial charge in [-0.05, 0) is 12.8 Å². The van der Waals surface area contributed by atoms with E-state index in [9.17, 15) is 20.2 Å². The highest BCUT2D eigenvalue weighted by atomic mass is 16.6. The summed E-state index contributed by atoms with van der Waals surface area (Å²) in [6, 6.07) is 0. The molecule has 2 atom stereocenters. The van der Waals surface area contributed by atoms with Crippen molar-refractivity contribution in [1.29, 1.82) is 0 Å². The average molecular weight is 318 g/mol. The lowest BCUT2D eigenvalue weighted by Crippen LogP contribution is -2.41. The van der Waals surface area contributed by atoms with Gasteiger partial charge in [0.15, 0.2) is 0 Å². The molecule has 0 amide bonds. The first-order valence-electron chi connectivity index (χ1n) is 8.01. The van der Waals surface area contributed by atoms with Crippen molar-refractivity contribution >= 4 is 0 Å². The van der Waals surface area contributed by atoms with Crippen molar-refractivity contribution in [1.82, 2.24) is 10.6 Å². The number of nitrogens with one attached hydrogen (secondary N) is 2. The summed E-state index contributed by atoms with van der Waals surface area (Å²) < 4.78 is 0. The number of rotatable bonds is 13. The molecule has 130 valence electrons. The predicted octanol–water partition coefficient (Wildman–Crippen LogP) is 2.24. The lowest BCUT2D eigenvalue weighted by Gasteiger charge is -2.15. The van der Waals surface area contributed by atoms with Gasteiger partial charge in [-0.2, -0.15) is 0 Å². The summed E-state index contributed by atoms with van der Waals surface area (Å²) in [4.78, 5) is 21.0. The molecule has 0 saturated heterocycles. The Bertz CT molecular complexity index is 305. The maximum absolute atomic E-state index is 10.8. The zero-order valence-corrected chi connectivity index (χ0v) is 14.1. The zero-order valence-electron chi connectivity index (χ0n) is 14.1. The van der Waals surface area contributed by atoms with Crippen LogP contribution in [0, 0.1) is 32.1 Å². The summed E-state index contributed by atoms with van der Waals surface area (Å²) in [7, 11) is 0. The number of nitrogens with zero attached hydrogens (tertiary/aromatic N) is 2. The molecule has 0 aromatic heterocycles. The number of unbranched alkanes of at least 4 members (excludes halogenated alkanes) is 3. The predicted molar refractivity (Wildman–Crippen MR) is 85.7 cm³/mol. The quantitative estimate of drug-likeness (QED) is 0.233. The molecule has 0 rings (SSSR count). The summed E-state index contributed by atoms with van der Waals surface area (Å²) in [5, 5.41) is 27.5. The fraction of sp³-hybridized carbons (Fsp3) is 1.00. The van der Waals surface area contributed by atoms with Gasteiger partial charge in [-0.15, -0.1) is 0 Å². The molecule has 22 heavy (non-hydrogen) atoms. The third kappa shape index (κ3) is 8.89. The Balaban J connectivity index is 3.66. The third-order valence-electron chi connectivity index (χ3n) is 3.53. The Morgan fingerprint density at radius 3 is 1.27 bits per heavy atom. The maximum atomic E-state index is 10.8. The highest BCUT2D eigenvalue weighted by Gasteiger charge is 2.23. The van der Waals surface area contributed by atoms with Crippen LogP contribution in [-0.4, -0.2) is 35.3 Å². The Kier molecular flexibility index (Phi) is 10.7. The Labute approximate surface area is 132 Å². The van der Waals surface area contributed by atoms with E-state index < -0.39 is 12.3 Å². The van der Waals surface area contributed by atoms with Gasteiger partial charge in [0.1, 0.15) is 0 Å². The van der Waals surface area contributed by atoms with Crippen LogP contribution in [0.5, 0.6) is 0 Å². The van der Waals surface area contributed by atoms with Crippen LogP contribution in [0.4, 0.5) is 0 Å². The van der Waals surface area contributed by atoms with Crippen molar-refractivity contribution in [3.8, 4) is 0 Å². The van der Waals surface area contributed by atoms with Crippen LogP contribution >= 0.6 is 0 Å². The summed E-state index contributed by atoms with van der Waals surface area (Å²) in [6.07, 6.45) is 2.30. The average Bonchev–Trinajstić information content (AvgIpc) is 2.38. The van der Waals surface area contributed by atoms with E-state index in [0.29, 0.717) is 13.1 Å². The van der Waals surface area contributed by atoms with Crippen molar-refractivity contribution in [2.45, 2.75) is 65.7 Å². The molecule has 0 heterocycles. The third-order valence-corrected chi connectivity index (χ3v) is 3.53. The largest absolute Gasteiger partial charge is 0.268 e. The lowest BCUT2D eigenvalue weighted by molar-refractivity contribution is -0.537. The molecule has 2 N–H and O–H groups in total. The highest BCUT2D eigenvalue weighted by Crippen LogP contribution is 2.05. The molecule has 0 fully saturated rings. The minimum atomic E-state index is -0.687. The zero-order chi connectivity index (χ0) is 17.1.